The summed E-state index contributed by atoms with van der Waals surface area (Å²) >= 11 is 2.58. The van der Waals surface area contributed by atoms with Crippen molar-refractivity contribution >= 4 is 38.6 Å². The molecular formula is C21H25F3N4OS2. The van der Waals surface area contributed by atoms with Gasteiger partial charge in [0.05, 0.1) is 12.2 Å². The van der Waals surface area contributed by atoms with Crippen LogP contribution in [0.25, 0.3) is 11.4 Å². The van der Waals surface area contributed by atoms with Crippen molar-refractivity contribution < 1.29 is 17.9 Å². The Kier molecular flexibility index (Phi) is 8.14. The predicted octanol–water partition coefficient (Wildman–Crippen LogP) is 7.35. The van der Waals surface area contributed by atoms with Gasteiger partial charge in [-0.25, -0.2) is 9.97 Å². The van der Waals surface area contributed by atoms with Crippen LogP contribution in [-0.4, -0.2) is 16.6 Å². The second kappa shape index (κ2) is 10.8. The number of nitrogens with zero attached hydrogens (tertiary/aromatic N) is 2. The van der Waals surface area contributed by atoms with Crippen LogP contribution in [0.4, 0.5) is 29.1 Å². The van der Waals surface area contributed by atoms with Crippen molar-refractivity contribution in [3.8, 4) is 17.1 Å². The highest BCUT2D eigenvalue weighted by Gasteiger charge is 2.34. The Morgan fingerprint density at radius 1 is 1.00 bits per heavy atom. The molecule has 0 aliphatic heterocycles. The monoisotopic (exact) mass is 470 g/mol. The first-order valence-electron chi connectivity index (χ1n) is 10.1. The lowest BCUT2D eigenvalue weighted by molar-refractivity contribution is -0.138. The molecule has 2 aromatic heterocycles. The lowest BCUT2D eigenvalue weighted by Gasteiger charge is -2.15. The van der Waals surface area contributed by atoms with Gasteiger partial charge in [-0.1, -0.05) is 39.0 Å². The largest absolute Gasteiger partial charge is 0.493 e. The second-order valence-electron chi connectivity index (χ2n) is 7.06. The van der Waals surface area contributed by atoms with Crippen LogP contribution in [0.15, 0.2) is 29.0 Å². The van der Waals surface area contributed by atoms with E-state index in [-0.39, 0.29) is 18.0 Å². The molecule has 1 aromatic carbocycles. The van der Waals surface area contributed by atoms with Crippen LogP contribution in [0.1, 0.15) is 51.0 Å². The van der Waals surface area contributed by atoms with Gasteiger partial charge in [-0.3, -0.25) is 0 Å². The third-order valence-electron chi connectivity index (χ3n) is 4.58. The number of nitrogens with two attached hydrogens (primary N) is 1. The van der Waals surface area contributed by atoms with Gasteiger partial charge in [0.25, 0.3) is 0 Å². The normalized spacial score (nSPS) is 11.6. The molecule has 0 fully saturated rings. The number of ether oxygens (including phenoxy) is 1. The minimum absolute atomic E-state index is 0.149. The zero-order valence-corrected chi connectivity index (χ0v) is 18.8. The summed E-state index contributed by atoms with van der Waals surface area (Å²) in [6, 6.07) is 3.98. The molecule has 0 unspecified atom stereocenters. The standard InChI is InChI=1S/C21H25F3N4OS2/c1-2-3-4-5-6-7-10-29-18-9-8-14(11-15(18)21(22,23)24)26-20-28-17(13-31-20)16-12-30-19(25)27-16/h8-9,11-13H,2-7,10H2,1H3,(H2,25,27)(H,26,28). The smallest absolute Gasteiger partial charge is 0.420 e. The molecule has 5 nitrogen and oxygen atoms in total. The maximum absolute atomic E-state index is 13.6. The molecule has 0 amide bonds. The fraction of sp³-hybridized carbons (Fsp3) is 0.429. The maximum Gasteiger partial charge on any atom is 0.420 e. The van der Waals surface area contributed by atoms with Gasteiger partial charge >= 0.3 is 6.18 Å². The number of hydrogen-bond donors (Lipinski definition) is 2. The van der Waals surface area contributed by atoms with Gasteiger partial charge in [-0.05, 0) is 24.6 Å². The van der Waals surface area contributed by atoms with Crippen molar-refractivity contribution in [1.82, 2.24) is 9.97 Å². The Balaban J connectivity index is 1.64. The van der Waals surface area contributed by atoms with Crippen molar-refractivity contribution in [3.63, 3.8) is 0 Å². The topological polar surface area (TPSA) is 73.1 Å². The van der Waals surface area contributed by atoms with Gasteiger partial charge in [0.1, 0.15) is 17.1 Å². The number of nitrogens with one attached hydrogen (secondary N) is 1. The molecule has 0 spiro atoms. The molecule has 10 heteroatoms. The van der Waals surface area contributed by atoms with E-state index in [1.807, 2.05) is 0 Å². The molecule has 0 aliphatic carbocycles. The van der Waals surface area contributed by atoms with E-state index < -0.39 is 11.7 Å². The number of halogens is 3. The Morgan fingerprint density at radius 2 is 1.71 bits per heavy atom. The Bertz CT molecular complexity index is 972. The zero-order valence-electron chi connectivity index (χ0n) is 17.2. The quantitative estimate of drug-likeness (QED) is 0.287. The van der Waals surface area contributed by atoms with Crippen molar-refractivity contribution in [2.45, 2.75) is 51.6 Å². The summed E-state index contributed by atoms with van der Waals surface area (Å²) in [5.41, 5.74) is 6.39. The second-order valence-corrected chi connectivity index (χ2v) is 8.81. The van der Waals surface area contributed by atoms with Gasteiger partial charge < -0.3 is 15.8 Å². The lowest BCUT2D eigenvalue weighted by atomic mass is 10.1. The number of nitrogen functional groups attached to an aromatic ring is 1. The van der Waals surface area contributed by atoms with Crippen LogP contribution >= 0.6 is 22.7 Å². The van der Waals surface area contributed by atoms with Crippen molar-refractivity contribution in [2.24, 2.45) is 0 Å². The molecule has 168 valence electrons. The number of thiazole rings is 2. The van der Waals surface area contributed by atoms with Crippen LogP contribution in [0.3, 0.4) is 0 Å². The summed E-state index contributed by atoms with van der Waals surface area (Å²) in [7, 11) is 0. The van der Waals surface area contributed by atoms with Crippen molar-refractivity contribution in [1.29, 1.82) is 0 Å². The zero-order chi connectivity index (χ0) is 22.3. The summed E-state index contributed by atoms with van der Waals surface area (Å²) in [4.78, 5) is 8.54. The number of rotatable bonds is 11. The van der Waals surface area contributed by atoms with E-state index in [0.29, 0.717) is 21.7 Å². The van der Waals surface area contributed by atoms with E-state index in [2.05, 4.69) is 22.2 Å². The van der Waals surface area contributed by atoms with Crippen LogP contribution in [0.5, 0.6) is 5.75 Å². The highest BCUT2D eigenvalue weighted by Crippen LogP contribution is 2.39. The molecule has 0 radical (unpaired) electrons. The first kappa shape index (κ1) is 23.3. The SMILES string of the molecule is CCCCCCCCOc1ccc(Nc2nc(-c3csc(N)n3)cs2)cc1C(F)(F)F. The molecular weight excluding hydrogens is 445 g/mol. The predicted molar refractivity (Wildman–Crippen MR) is 121 cm³/mol. The molecule has 0 saturated carbocycles. The number of alkyl halides is 3. The third-order valence-corrected chi connectivity index (χ3v) is 6.01. The molecule has 3 rings (SSSR count). The Morgan fingerprint density at radius 3 is 2.42 bits per heavy atom. The van der Waals surface area contributed by atoms with Gasteiger partial charge in [-0.2, -0.15) is 13.2 Å². The molecule has 0 aliphatic rings. The third kappa shape index (κ3) is 6.83. The number of benzene rings is 1. The van der Waals surface area contributed by atoms with Gasteiger partial charge in [0.15, 0.2) is 10.3 Å². The number of hydrogen-bond acceptors (Lipinski definition) is 7. The lowest BCUT2D eigenvalue weighted by Crippen LogP contribution is -2.10. The summed E-state index contributed by atoms with van der Waals surface area (Å²) < 4.78 is 46.2. The van der Waals surface area contributed by atoms with Crippen LogP contribution < -0.4 is 15.8 Å². The molecule has 0 saturated heterocycles. The molecule has 0 atom stereocenters. The van der Waals surface area contributed by atoms with Crippen LogP contribution in [-0.2, 0) is 6.18 Å². The highest BCUT2D eigenvalue weighted by molar-refractivity contribution is 7.14. The minimum atomic E-state index is -4.51. The summed E-state index contributed by atoms with van der Waals surface area (Å²) in [5, 5.41) is 7.40. The fourth-order valence-electron chi connectivity index (χ4n) is 3.00. The van der Waals surface area contributed by atoms with E-state index in [0.717, 1.165) is 38.2 Å². The molecule has 31 heavy (non-hydrogen) atoms. The van der Waals surface area contributed by atoms with Gasteiger partial charge in [0, 0.05) is 16.4 Å². The minimum Gasteiger partial charge on any atom is -0.493 e. The van der Waals surface area contributed by atoms with Crippen molar-refractivity contribution in [2.75, 3.05) is 17.7 Å². The Hall–Kier alpha value is -2.33. The Labute approximate surface area is 187 Å². The maximum atomic E-state index is 13.6. The first-order valence-corrected chi connectivity index (χ1v) is 11.9. The molecule has 0 bridgehead atoms. The molecule has 3 N–H and O–H groups in total. The van der Waals surface area contributed by atoms with E-state index in [9.17, 15) is 13.2 Å². The van der Waals surface area contributed by atoms with E-state index in [4.69, 9.17) is 10.5 Å². The number of unbranched alkanes of at least 4 members (excludes halogenated alkanes) is 5. The van der Waals surface area contributed by atoms with Gasteiger partial charge in [0.2, 0.25) is 0 Å². The number of aromatic nitrogens is 2. The van der Waals surface area contributed by atoms with E-state index >= 15 is 0 Å². The average Bonchev–Trinajstić information content (AvgIpc) is 3.36. The van der Waals surface area contributed by atoms with Crippen LogP contribution in [0.2, 0.25) is 0 Å². The number of anilines is 3. The summed E-state index contributed by atoms with van der Waals surface area (Å²) in [6.07, 6.45) is 1.76. The first-order chi connectivity index (χ1) is 14.9. The summed E-state index contributed by atoms with van der Waals surface area (Å²) in [6.45, 7) is 2.42. The summed E-state index contributed by atoms with van der Waals surface area (Å²) in [5.74, 6) is -0.149. The van der Waals surface area contributed by atoms with Crippen LogP contribution in [0, 0.1) is 0 Å². The molecule has 2 heterocycles. The van der Waals surface area contributed by atoms with Gasteiger partial charge in [-0.15, -0.1) is 22.7 Å². The van der Waals surface area contributed by atoms with E-state index in [1.54, 1.807) is 16.8 Å². The van der Waals surface area contributed by atoms with E-state index in [1.165, 1.54) is 35.2 Å². The highest BCUT2D eigenvalue weighted by atomic mass is 32.1. The average molecular weight is 471 g/mol. The van der Waals surface area contributed by atoms with Crippen molar-refractivity contribution in [3.05, 3.63) is 34.5 Å². The fourth-order valence-corrected chi connectivity index (χ4v) is 4.28. The molecule has 3 aromatic rings.